The molecule has 1 aromatic rings. The van der Waals surface area contributed by atoms with E-state index in [-0.39, 0.29) is 12.5 Å². The molecule has 0 spiro atoms. The first-order valence-corrected chi connectivity index (χ1v) is 7.95. The number of benzene rings is 1. The molecule has 0 unspecified atom stereocenters. The van der Waals surface area contributed by atoms with Crippen LogP contribution in [0, 0.1) is 0 Å². The van der Waals surface area contributed by atoms with Gasteiger partial charge in [0.15, 0.2) is 17.5 Å². The first-order valence-electron chi connectivity index (χ1n) is 7.95. The maximum absolute atomic E-state index is 11.7. The summed E-state index contributed by atoms with van der Waals surface area (Å²) >= 11 is 0. The molecule has 0 aliphatic rings. The second-order valence-corrected chi connectivity index (χ2v) is 5.81. The maximum Gasteiger partial charge on any atom is 0.241 e. The fraction of sp³-hybridized carbons (Fsp3) is 0.444. The minimum absolute atomic E-state index is 0.0315. The van der Waals surface area contributed by atoms with Crippen molar-refractivity contribution in [1.82, 2.24) is 15.5 Å². The van der Waals surface area contributed by atoms with Crippen molar-refractivity contribution in [3.05, 3.63) is 35.9 Å². The van der Waals surface area contributed by atoms with E-state index in [9.17, 15) is 4.79 Å². The van der Waals surface area contributed by atoms with Crippen LogP contribution in [0.4, 0.5) is 0 Å². The Morgan fingerprint density at radius 1 is 1.16 bits per heavy atom. The molecule has 0 aliphatic heterocycles. The lowest BCUT2D eigenvalue weighted by molar-refractivity contribution is -0.127. The Bertz CT molecular complexity index is 627. The highest BCUT2D eigenvalue weighted by molar-refractivity contribution is 5.86. The number of ether oxygens (including phenoxy) is 2. The summed E-state index contributed by atoms with van der Waals surface area (Å²) in [5.74, 6) is 1.84. The number of aliphatic imine (C=N–C) groups is 1. The van der Waals surface area contributed by atoms with E-state index >= 15 is 0 Å². The first kappa shape index (κ1) is 20.3. The maximum atomic E-state index is 11.7. The highest BCUT2D eigenvalue weighted by Crippen LogP contribution is 2.27. The Kier molecular flexibility index (Phi) is 8.32. The van der Waals surface area contributed by atoms with Crippen molar-refractivity contribution >= 4 is 11.9 Å². The lowest BCUT2D eigenvalue weighted by Gasteiger charge is -2.15. The van der Waals surface area contributed by atoms with Crippen molar-refractivity contribution in [1.29, 1.82) is 0 Å². The highest BCUT2D eigenvalue weighted by atomic mass is 16.5. The zero-order valence-corrected chi connectivity index (χ0v) is 15.7. The highest BCUT2D eigenvalue weighted by Gasteiger charge is 2.07. The van der Waals surface area contributed by atoms with Crippen LogP contribution >= 0.6 is 0 Å². The van der Waals surface area contributed by atoms with E-state index in [0.717, 1.165) is 11.1 Å². The molecule has 0 saturated carbocycles. The molecule has 0 aliphatic carbocycles. The van der Waals surface area contributed by atoms with Gasteiger partial charge in [-0.2, -0.15) is 0 Å². The van der Waals surface area contributed by atoms with E-state index in [2.05, 4.69) is 22.2 Å². The van der Waals surface area contributed by atoms with Crippen molar-refractivity contribution < 1.29 is 14.3 Å². The summed E-state index contributed by atoms with van der Waals surface area (Å²) in [5, 5.41) is 6.18. The van der Waals surface area contributed by atoms with Crippen molar-refractivity contribution in [3.63, 3.8) is 0 Å². The van der Waals surface area contributed by atoms with Crippen LogP contribution in [0.15, 0.2) is 35.3 Å². The summed E-state index contributed by atoms with van der Waals surface area (Å²) in [6.07, 6.45) is 0. The molecule has 0 heterocycles. The molecule has 7 heteroatoms. The molecule has 1 rings (SSSR count). The lowest BCUT2D eigenvalue weighted by atomic mass is 10.2. The smallest absolute Gasteiger partial charge is 0.241 e. The number of nitrogens with zero attached hydrogens (tertiary/aromatic N) is 2. The molecular formula is C18H28N4O3. The molecular weight excluding hydrogens is 320 g/mol. The van der Waals surface area contributed by atoms with Gasteiger partial charge in [0.25, 0.3) is 0 Å². The Hall–Kier alpha value is -2.70. The Morgan fingerprint density at radius 2 is 1.80 bits per heavy atom. The van der Waals surface area contributed by atoms with Gasteiger partial charge in [-0.05, 0) is 24.6 Å². The van der Waals surface area contributed by atoms with E-state index in [4.69, 9.17) is 9.47 Å². The molecule has 0 atom stereocenters. The van der Waals surface area contributed by atoms with E-state index < -0.39 is 0 Å². The number of carbonyl (C=O) groups is 1. The topological polar surface area (TPSA) is 75.2 Å². The number of guanidine groups is 1. The average Bonchev–Trinajstić information content (AvgIpc) is 2.59. The summed E-state index contributed by atoms with van der Waals surface area (Å²) in [7, 11) is 6.62. The molecule has 0 saturated heterocycles. The van der Waals surface area contributed by atoms with Crippen LogP contribution in [0.5, 0.6) is 11.5 Å². The molecule has 7 nitrogen and oxygen atoms in total. The number of rotatable bonds is 8. The standard InChI is InChI=1S/C18H28N4O3/c1-13(2)10-19-18(21-12-17(23)22(3)4)20-11-14-7-8-15(24-5)16(9-14)25-6/h7-9H,1,10-12H2,2-6H3,(H2,19,20,21). The number of amides is 1. The van der Waals surface area contributed by atoms with Gasteiger partial charge in [0.05, 0.1) is 27.3 Å². The molecule has 25 heavy (non-hydrogen) atoms. The Labute approximate surface area is 149 Å². The van der Waals surface area contributed by atoms with Crippen LogP contribution in [-0.2, 0) is 11.3 Å². The third-order valence-corrected chi connectivity index (χ3v) is 3.33. The van der Waals surface area contributed by atoms with Crippen LogP contribution in [-0.4, -0.2) is 58.2 Å². The molecule has 138 valence electrons. The molecule has 0 bridgehead atoms. The quantitative estimate of drug-likeness (QED) is 0.422. The van der Waals surface area contributed by atoms with Crippen molar-refractivity contribution in [2.45, 2.75) is 13.5 Å². The third kappa shape index (κ3) is 7.15. The van der Waals surface area contributed by atoms with Gasteiger partial charge in [0.1, 0.15) is 0 Å². The summed E-state index contributed by atoms with van der Waals surface area (Å²) < 4.78 is 10.5. The van der Waals surface area contributed by atoms with Gasteiger partial charge < -0.3 is 25.0 Å². The number of hydrogen-bond donors (Lipinski definition) is 2. The van der Waals surface area contributed by atoms with E-state index in [1.54, 1.807) is 28.3 Å². The third-order valence-electron chi connectivity index (χ3n) is 3.33. The van der Waals surface area contributed by atoms with Gasteiger partial charge in [-0.25, -0.2) is 4.99 Å². The van der Waals surface area contributed by atoms with Gasteiger partial charge in [-0.15, -0.1) is 0 Å². The van der Waals surface area contributed by atoms with Gasteiger partial charge in [-0.3, -0.25) is 4.79 Å². The molecule has 1 aromatic carbocycles. The largest absolute Gasteiger partial charge is 0.493 e. The van der Waals surface area contributed by atoms with Gasteiger partial charge in [0, 0.05) is 20.6 Å². The number of likely N-dealkylation sites (N-methyl/N-ethyl adjacent to an activating group) is 1. The number of nitrogens with one attached hydrogen (secondary N) is 2. The molecule has 1 amide bonds. The van der Waals surface area contributed by atoms with E-state index in [1.165, 1.54) is 4.90 Å². The Morgan fingerprint density at radius 3 is 2.36 bits per heavy atom. The molecule has 0 fully saturated rings. The van der Waals surface area contributed by atoms with Crippen molar-refractivity contribution in [3.8, 4) is 11.5 Å². The number of methoxy groups -OCH3 is 2. The fourth-order valence-corrected chi connectivity index (χ4v) is 1.88. The summed E-state index contributed by atoms with van der Waals surface area (Å²) in [6, 6.07) is 5.64. The van der Waals surface area contributed by atoms with Crippen LogP contribution < -0.4 is 20.1 Å². The van der Waals surface area contributed by atoms with Gasteiger partial charge in [0.2, 0.25) is 5.91 Å². The molecule has 0 radical (unpaired) electrons. The summed E-state index contributed by atoms with van der Waals surface area (Å²) in [4.78, 5) is 17.8. The number of hydrogen-bond acceptors (Lipinski definition) is 4. The average molecular weight is 348 g/mol. The predicted octanol–water partition coefficient (Wildman–Crippen LogP) is 1.40. The predicted molar refractivity (Wildman–Crippen MR) is 100 cm³/mol. The Balaban J connectivity index is 2.82. The number of carbonyl (C=O) groups excluding carboxylic acids is 1. The fourth-order valence-electron chi connectivity index (χ4n) is 1.88. The van der Waals surface area contributed by atoms with Crippen LogP contribution in [0.2, 0.25) is 0 Å². The first-order chi connectivity index (χ1) is 11.9. The minimum atomic E-state index is -0.0315. The van der Waals surface area contributed by atoms with Gasteiger partial charge in [-0.1, -0.05) is 18.2 Å². The van der Waals surface area contributed by atoms with Crippen molar-refractivity contribution in [2.24, 2.45) is 4.99 Å². The van der Waals surface area contributed by atoms with Crippen LogP contribution in [0.3, 0.4) is 0 Å². The van der Waals surface area contributed by atoms with E-state index in [0.29, 0.717) is 30.5 Å². The normalized spacial score (nSPS) is 10.8. The zero-order valence-electron chi connectivity index (χ0n) is 15.7. The van der Waals surface area contributed by atoms with Gasteiger partial charge >= 0.3 is 0 Å². The molecule has 0 aromatic heterocycles. The van der Waals surface area contributed by atoms with Crippen LogP contribution in [0.1, 0.15) is 12.5 Å². The second kappa shape index (κ2) is 10.2. The monoisotopic (exact) mass is 348 g/mol. The summed E-state index contributed by atoms with van der Waals surface area (Å²) in [6.45, 7) is 6.96. The minimum Gasteiger partial charge on any atom is -0.493 e. The van der Waals surface area contributed by atoms with Crippen molar-refractivity contribution in [2.75, 3.05) is 41.4 Å². The second-order valence-electron chi connectivity index (χ2n) is 5.81. The van der Waals surface area contributed by atoms with E-state index in [1.807, 2.05) is 25.1 Å². The summed E-state index contributed by atoms with van der Waals surface area (Å²) in [5.41, 5.74) is 1.94. The molecule has 2 N–H and O–H groups in total. The SMILES string of the molecule is C=C(C)CNC(=NCc1ccc(OC)c(OC)c1)NCC(=O)N(C)C. The van der Waals surface area contributed by atoms with Crippen LogP contribution in [0.25, 0.3) is 0 Å². The zero-order chi connectivity index (χ0) is 18.8. The lowest BCUT2D eigenvalue weighted by Crippen LogP contribution is -2.43.